The summed E-state index contributed by atoms with van der Waals surface area (Å²) < 4.78 is 51.5. The minimum Gasteiger partial charge on any atom is -0.476 e. The third kappa shape index (κ3) is 4.47. The SMILES string of the molecule is Nc1nc(OCCN2CCOCC2)c2cc(-c3ccccc3C(F)(F)F)ccc2n1. The Balaban J connectivity index is 1.65. The van der Waals surface area contributed by atoms with Gasteiger partial charge in [-0.05, 0) is 29.3 Å². The van der Waals surface area contributed by atoms with E-state index in [0.717, 1.165) is 19.2 Å². The maximum Gasteiger partial charge on any atom is 0.417 e. The van der Waals surface area contributed by atoms with Crippen LogP contribution in [-0.2, 0) is 10.9 Å². The normalized spacial score (nSPS) is 15.4. The minimum absolute atomic E-state index is 0.0484. The number of rotatable bonds is 5. The van der Waals surface area contributed by atoms with Crippen molar-refractivity contribution < 1.29 is 22.6 Å². The van der Waals surface area contributed by atoms with Crippen LogP contribution in [0.25, 0.3) is 22.0 Å². The maximum atomic E-state index is 13.4. The molecule has 1 fully saturated rings. The fourth-order valence-corrected chi connectivity index (χ4v) is 3.47. The molecule has 158 valence electrons. The highest BCUT2D eigenvalue weighted by Gasteiger charge is 2.33. The number of anilines is 1. The lowest BCUT2D eigenvalue weighted by atomic mass is 9.98. The van der Waals surface area contributed by atoms with Gasteiger partial charge in [0.05, 0.1) is 29.7 Å². The molecule has 0 amide bonds. The molecule has 0 aliphatic carbocycles. The molecule has 0 bridgehead atoms. The first kappa shape index (κ1) is 20.4. The first-order valence-electron chi connectivity index (χ1n) is 9.58. The number of fused-ring (bicyclic) bond motifs is 1. The average Bonchev–Trinajstić information content (AvgIpc) is 2.73. The van der Waals surface area contributed by atoms with Gasteiger partial charge in [0.2, 0.25) is 11.8 Å². The number of ether oxygens (including phenoxy) is 2. The van der Waals surface area contributed by atoms with Crippen LogP contribution in [0.3, 0.4) is 0 Å². The molecule has 2 aromatic carbocycles. The number of nitrogen functional groups attached to an aromatic ring is 1. The molecule has 2 heterocycles. The number of morpholine rings is 1. The Kier molecular flexibility index (Phi) is 5.74. The van der Waals surface area contributed by atoms with Crippen molar-refractivity contribution in [2.75, 3.05) is 45.2 Å². The van der Waals surface area contributed by atoms with Gasteiger partial charge in [-0.1, -0.05) is 24.3 Å². The van der Waals surface area contributed by atoms with Crippen LogP contribution in [0.4, 0.5) is 19.1 Å². The van der Waals surface area contributed by atoms with E-state index in [4.69, 9.17) is 15.2 Å². The van der Waals surface area contributed by atoms with Gasteiger partial charge in [-0.25, -0.2) is 4.98 Å². The molecule has 1 aromatic heterocycles. The van der Waals surface area contributed by atoms with Crippen LogP contribution in [0.15, 0.2) is 42.5 Å². The first-order chi connectivity index (χ1) is 14.4. The Labute approximate surface area is 171 Å². The Morgan fingerprint density at radius 1 is 1.07 bits per heavy atom. The second-order valence-electron chi connectivity index (χ2n) is 6.96. The van der Waals surface area contributed by atoms with Crippen molar-refractivity contribution in [3.05, 3.63) is 48.0 Å². The van der Waals surface area contributed by atoms with Gasteiger partial charge in [0, 0.05) is 19.6 Å². The smallest absolute Gasteiger partial charge is 0.417 e. The van der Waals surface area contributed by atoms with E-state index < -0.39 is 11.7 Å². The largest absolute Gasteiger partial charge is 0.476 e. The zero-order valence-corrected chi connectivity index (χ0v) is 16.2. The van der Waals surface area contributed by atoms with Crippen molar-refractivity contribution in [3.63, 3.8) is 0 Å². The summed E-state index contributed by atoms with van der Waals surface area (Å²) in [6.45, 7) is 4.08. The number of nitrogens with two attached hydrogens (primary N) is 1. The number of hydrogen-bond donors (Lipinski definition) is 1. The van der Waals surface area contributed by atoms with Gasteiger partial charge in [-0.2, -0.15) is 18.2 Å². The maximum absolute atomic E-state index is 13.4. The topological polar surface area (TPSA) is 73.5 Å². The van der Waals surface area contributed by atoms with Crippen LogP contribution < -0.4 is 10.5 Å². The van der Waals surface area contributed by atoms with E-state index in [-0.39, 0.29) is 17.4 Å². The average molecular weight is 418 g/mol. The molecule has 9 heteroatoms. The Morgan fingerprint density at radius 2 is 1.83 bits per heavy atom. The van der Waals surface area contributed by atoms with Gasteiger partial charge in [0.1, 0.15) is 6.61 Å². The molecule has 0 atom stereocenters. The molecule has 6 nitrogen and oxygen atoms in total. The van der Waals surface area contributed by atoms with E-state index in [9.17, 15) is 13.2 Å². The molecule has 0 radical (unpaired) electrons. The zero-order valence-electron chi connectivity index (χ0n) is 16.2. The highest BCUT2D eigenvalue weighted by molar-refractivity contribution is 5.89. The van der Waals surface area contributed by atoms with Gasteiger partial charge in [-0.3, -0.25) is 4.90 Å². The summed E-state index contributed by atoms with van der Waals surface area (Å²) in [6.07, 6.45) is -4.46. The van der Waals surface area contributed by atoms with E-state index >= 15 is 0 Å². The quantitative estimate of drug-likeness (QED) is 0.683. The number of halogens is 3. The Hall–Kier alpha value is -2.91. The summed E-state index contributed by atoms with van der Waals surface area (Å²) in [4.78, 5) is 10.6. The van der Waals surface area contributed by atoms with E-state index in [0.29, 0.717) is 42.8 Å². The molecule has 3 aromatic rings. The molecule has 0 saturated carbocycles. The molecule has 0 spiro atoms. The van der Waals surface area contributed by atoms with E-state index in [2.05, 4.69) is 14.9 Å². The van der Waals surface area contributed by atoms with Crippen LogP contribution in [0.5, 0.6) is 5.88 Å². The summed E-state index contributed by atoms with van der Waals surface area (Å²) in [6, 6.07) is 10.3. The van der Waals surface area contributed by atoms with Gasteiger partial charge in [0.15, 0.2) is 0 Å². The van der Waals surface area contributed by atoms with Crippen LogP contribution in [0.1, 0.15) is 5.56 Å². The van der Waals surface area contributed by atoms with E-state index in [1.54, 1.807) is 24.3 Å². The molecular formula is C21H21F3N4O2. The lowest BCUT2D eigenvalue weighted by Gasteiger charge is -2.26. The summed E-state index contributed by atoms with van der Waals surface area (Å²) in [7, 11) is 0. The molecule has 1 aliphatic rings. The number of nitrogens with zero attached hydrogens (tertiary/aromatic N) is 3. The van der Waals surface area contributed by atoms with Crippen molar-refractivity contribution in [2.45, 2.75) is 6.18 Å². The highest BCUT2D eigenvalue weighted by atomic mass is 19.4. The second kappa shape index (κ2) is 8.45. The molecule has 1 aliphatic heterocycles. The summed E-state index contributed by atoms with van der Waals surface area (Å²) >= 11 is 0. The summed E-state index contributed by atoms with van der Waals surface area (Å²) in [5.74, 6) is 0.310. The minimum atomic E-state index is -4.46. The van der Waals surface area contributed by atoms with Crippen molar-refractivity contribution in [2.24, 2.45) is 0 Å². The van der Waals surface area contributed by atoms with Gasteiger partial charge in [-0.15, -0.1) is 0 Å². The van der Waals surface area contributed by atoms with Crippen molar-refractivity contribution in [1.29, 1.82) is 0 Å². The molecule has 2 N–H and O–H groups in total. The lowest BCUT2D eigenvalue weighted by molar-refractivity contribution is -0.137. The molecular weight excluding hydrogens is 397 g/mol. The predicted molar refractivity (Wildman–Crippen MR) is 107 cm³/mol. The first-order valence-corrected chi connectivity index (χ1v) is 9.58. The third-order valence-electron chi connectivity index (χ3n) is 4.97. The Morgan fingerprint density at radius 3 is 2.60 bits per heavy atom. The van der Waals surface area contributed by atoms with E-state index in [1.165, 1.54) is 12.1 Å². The number of hydrogen-bond acceptors (Lipinski definition) is 6. The van der Waals surface area contributed by atoms with Gasteiger partial charge >= 0.3 is 6.18 Å². The lowest BCUT2D eigenvalue weighted by Crippen LogP contribution is -2.38. The molecule has 30 heavy (non-hydrogen) atoms. The molecule has 1 saturated heterocycles. The molecule has 4 rings (SSSR count). The number of benzene rings is 2. The third-order valence-corrected chi connectivity index (χ3v) is 4.97. The molecule has 0 unspecified atom stereocenters. The number of alkyl halides is 3. The zero-order chi connectivity index (χ0) is 21.1. The standard InChI is InChI=1S/C21H21F3N4O2/c22-21(23,24)17-4-2-1-3-15(17)14-5-6-18-16(13-14)19(27-20(25)26-18)30-12-9-28-7-10-29-11-8-28/h1-6,13H,7-12H2,(H2,25,26,27). The van der Waals surface area contributed by atoms with Crippen molar-refractivity contribution >= 4 is 16.9 Å². The van der Waals surface area contributed by atoms with Gasteiger partial charge in [0.25, 0.3) is 0 Å². The number of aromatic nitrogens is 2. The van der Waals surface area contributed by atoms with Crippen LogP contribution >= 0.6 is 0 Å². The van der Waals surface area contributed by atoms with Crippen LogP contribution in [0.2, 0.25) is 0 Å². The summed E-state index contributed by atoms with van der Waals surface area (Å²) in [5, 5.41) is 0.514. The van der Waals surface area contributed by atoms with Crippen molar-refractivity contribution in [3.8, 4) is 17.0 Å². The fourth-order valence-electron chi connectivity index (χ4n) is 3.47. The summed E-state index contributed by atoms with van der Waals surface area (Å²) in [5.41, 5.74) is 6.09. The fraction of sp³-hybridized carbons (Fsp3) is 0.333. The van der Waals surface area contributed by atoms with Crippen LogP contribution in [-0.4, -0.2) is 54.3 Å². The monoisotopic (exact) mass is 418 g/mol. The van der Waals surface area contributed by atoms with Crippen molar-refractivity contribution in [1.82, 2.24) is 14.9 Å². The predicted octanol–water partition coefficient (Wildman–Crippen LogP) is 3.61. The highest BCUT2D eigenvalue weighted by Crippen LogP contribution is 2.38. The van der Waals surface area contributed by atoms with Crippen LogP contribution in [0, 0.1) is 0 Å². The van der Waals surface area contributed by atoms with E-state index in [1.807, 2.05) is 0 Å². The second-order valence-corrected chi connectivity index (χ2v) is 6.96. The Bertz CT molecular complexity index is 1040. The van der Waals surface area contributed by atoms with Gasteiger partial charge < -0.3 is 15.2 Å².